The Hall–Kier alpha value is -5.74. The number of ether oxygens (including phenoxy) is 1. The van der Waals surface area contributed by atoms with Crippen molar-refractivity contribution in [2.45, 2.75) is 51.1 Å². The van der Waals surface area contributed by atoms with E-state index in [9.17, 15) is 37.1 Å². The van der Waals surface area contributed by atoms with Gasteiger partial charge >= 0.3 is 6.36 Å². The quantitative estimate of drug-likeness (QED) is 0.219. The predicted molar refractivity (Wildman–Crippen MR) is 208 cm³/mol. The number of piperidine rings is 2. The molecule has 3 saturated heterocycles. The van der Waals surface area contributed by atoms with E-state index >= 15 is 0 Å². The molecule has 0 bridgehead atoms. The number of aromatic nitrogens is 1. The van der Waals surface area contributed by atoms with Crippen LogP contribution in [0, 0.1) is 5.92 Å². The summed E-state index contributed by atoms with van der Waals surface area (Å²) in [5, 5.41) is 3.05. The molecule has 304 valence electrons. The number of aryl methyl sites for hydroxylation is 1. The fourth-order valence-electron chi connectivity index (χ4n) is 8.65. The van der Waals surface area contributed by atoms with Crippen LogP contribution >= 0.6 is 0 Å². The second-order valence-corrected chi connectivity index (χ2v) is 15.4. The topological polar surface area (TPSA) is 151 Å². The van der Waals surface area contributed by atoms with Gasteiger partial charge in [-0.3, -0.25) is 39.1 Å². The Morgan fingerprint density at radius 1 is 0.828 bits per heavy atom. The molecule has 4 aliphatic heterocycles. The molecule has 4 aromatic rings. The molecule has 13 nitrogen and oxygen atoms in total. The van der Waals surface area contributed by atoms with Crippen LogP contribution in [0.3, 0.4) is 0 Å². The van der Waals surface area contributed by atoms with Crippen molar-refractivity contribution < 1.29 is 41.9 Å². The largest absolute Gasteiger partial charge is 0.573 e. The number of anilines is 1. The zero-order valence-electron chi connectivity index (χ0n) is 31.8. The van der Waals surface area contributed by atoms with E-state index in [1.54, 1.807) is 24.3 Å². The molecule has 0 radical (unpaired) electrons. The number of alkyl halides is 3. The van der Waals surface area contributed by atoms with Crippen LogP contribution < -0.4 is 20.7 Å². The summed E-state index contributed by atoms with van der Waals surface area (Å²) in [4.78, 5) is 71.9. The Bertz CT molecular complexity index is 2260. The lowest BCUT2D eigenvalue weighted by Crippen LogP contribution is -2.54. The molecule has 1 unspecified atom stereocenters. The summed E-state index contributed by atoms with van der Waals surface area (Å²) in [7, 11) is 0. The van der Waals surface area contributed by atoms with E-state index in [0.29, 0.717) is 43.2 Å². The maximum atomic E-state index is 13.8. The van der Waals surface area contributed by atoms with Crippen LogP contribution in [0.2, 0.25) is 0 Å². The SMILES string of the molecule is NCCCn1cc(-c2ccc(OC(F)(F)F)cc2)c2cc(C(=O)N3CCC(CN4CCN(c5ccc6c(c5)C(=O)N(C5CCC(=O)NC5=O)C6=O)CC4)CC3)ccc21. The monoisotopic (exact) mass is 799 g/mol. The molecule has 3 N–H and O–H groups in total. The van der Waals surface area contributed by atoms with Gasteiger partial charge in [0.25, 0.3) is 17.7 Å². The van der Waals surface area contributed by atoms with Crippen LogP contribution in [-0.4, -0.2) is 114 Å². The number of hydrogen-bond donors (Lipinski definition) is 2. The van der Waals surface area contributed by atoms with E-state index in [4.69, 9.17) is 5.73 Å². The molecule has 0 saturated carbocycles. The number of carbonyl (C=O) groups is 5. The number of rotatable bonds is 10. The van der Waals surface area contributed by atoms with Gasteiger partial charge in [-0.2, -0.15) is 0 Å². The van der Waals surface area contributed by atoms with Crippen molar-refractivity contribution in [2.75, 3.05) is 57.3 Å². The standard InChI is InChI=1S/C42H44F3N7O6/c43-42(44,45)58-30-6-2-27(3-7-30)34-25-51(15-1-14-46)35-9-4-28(22-32(34)35)39(55)50-16-12-26(13-17-50)24-48-18-20-49(21-19-48)29-5-8-31-33(23-29)41(57)52(40(31)56)36-10-11-37(53)47-38(36)54/h2-9,22-23,25-26,36H,1,10-21,24,46H2,(H,47,53,54). The maximum absolute atomic E-state index is 13.8. The molecule has 0 spiro atoms. The predicted octanol–water partition coefficient (Wildman–Crippen LogP) is 4.63. The van der Waals surface area contributed by atoms with Crippen LogP contribution in [0.4, 0.5) is 18.9 Å². The molecule has 0 aliphatic carbocycles. The molecule has 5 heterocycles. The van der Waals surface area contributed by atoms with E-state index in [1.807, 2.05) is 35.4 Å². The summed E-state index contributed by atoms with van der Waals surface area (Å²) in [5.74, 6) is -2.02. The second-order valence-electron chi connectivity index (χ2n) is 15.4. The Kier molecular flexibility index (Phi) is 10.7. The molecule has 1 aromatic heterocycles. The number of nitrogens with zero attached hydrogens (tertiary/aromatic N) is 5. The van der Waals surface area contributed by atoms with Gasteiger partial charge in [0, 0.05) is 92.7 Å². The van der Waals surface area contributed by atoms with Crippen LogP contribution in [-0.2, 0) is 16.1 Å². The Morgan fingerprint density at radius 2 is 1.55 bits per heavy atom. The van der Waals surface area contributed by atoms with Crippen LogP contribution in [0.1, 0.15) is 63.2 Å². The molecule has 16 heteroatoms. The first-order valence-corrected chi connectivity index (χ1v) is 19.7. The number of hydrogen-bond acceptors (Lipinski definition) is 9. The normalized spacial score (nSPS) is 19.6. The highest BCUT2D eigenvalue weighted by molar-refractivity contribution is 6.23. The zero-order valence-corrected chi connectivity index (χ0v) is 31.8. The van der Waals surface area contributed by atoms with Crippen LogP contribution in [0.25, 0.3) is 22.0 Å². The van der Waals surface area contributed by atoms with Crippen molar-refractivity contribution in [3.63, 3.8) is 0 Å². The van der Waals surface area contributed by atoms with Crippen molar-refractivity contribution in [3.05, 3.63) is 83.6 Å². The van der Waals surface area contributed by atoms with E-state index in [2.05, 4.69) is 24.4 Å². The summed E-state index contributed by atoms with van der Waals surface area (Å²) >= 11 is 0. The van der Waals surface area contributed by atoms with Gasteiger partial charge in [0.1, 0.15) is 11.8 Å². The van der Waals surface area contributed by atoms with E-state index in [0.717, 1.165) is 79.0 Å². The molecule has 3 aromatic carbocycles. The molecular weight excluding hydrogens is 755 g/mol. The first-order valence-electron chi connectivity index (χ1n) is 19.7. The molecule has 1 atom stereocenters. The van der Waals surface area contributed by atoms with Gasteiger partial charge in [-0.05, 0) is 92.2 Å². The maximum Gasteiger partial charge on any atom is 0.573 e. The number of likely N-dealkylation sites (tertiary alicyclic amines) is 1. The summed E-state index contributed by atoms with van der Waals surface area (Å²) in [6, 6.07) is 15.6. The van der Waals surface area contributed by atoms with Crippen molar-refractivity contribution in [3.8, 4) is 16.9 Å². The number of imide groups is 2. The van der Waals surface area contributed by atoms with Gasteiger partial charge in [0.15, 0.2) is 0 Å². The number of fused-ring (bicyclic) bond motifs is 2. The molecule has 8 rings (SSSR count). The van der Waals surface area contributed by atoms with Crippen molar-refractivity contribution in [1.82, 2.24) is 24.6 Å². The molecule has 3 fully saturated rings. The van der Waals surface area contributed by atoms with E-state index < -0.39 is 36.0 Å². The lowest BCUT2D eigenvalue weighted by atomic mass is 9.95. The Labute approximate surface area is 332 Å². The number of carbonyl (C=O) groups excluding carboxylic acids is 5. The highest BCUT2D eigenvalue weighted by Crippen LogP contribution is 2.35. The fraction of sp³-hybridized carbons (Fsp3) is 0.405. The van der Waals surface area contributed by atoms with Gasteiger partial charge in [-0.15, -0.1) is 13.2 Å². The van der Waals surface area contributed by atoms with Gasteiger partial charge in [0.05, 0.1) is 11.1 Å². The summed E-state index contributed by atoms with van der Waals surface area (Å²) in [6.45, 7) is 6.43. The number of benzene rings is 3. The van der Waals surface area contributed by atoms with Crippen molar-refractivity contribution >= 4 is 46.1 Å². The highest BCUT2D eigenvalue weighted by Gasteiger charge is 2.45. The lowest BCUT2D eigenvalue weighted by Gasteiger charge is -2.39. The van der Waals surface area contributed by atoms with Crippen LogP contribution in [0.15, 0.2) is 66.9 Å². The minimum atomic E-state index is -4.78. The third-order valence-electron chi connectivity index (χ3n) is 11.7. The van der Waals surface area contributed by atoms with Crippen molar-refractivity contribution in [1.29, 1.82) is 0 Å². The van der Waals surface area contributed by atoms with Gasteiger partial charge in [-0.1, -0.05) is 12.1 Å². The molecule has 58 heavy (non-hydrogen) atoms. The number of halogens is 3. The summed E-state index contributed by atoms with van der Waals surface area (Å²) in [6.07, 6.45) is -0.184. The number of piperazine rings is 1. The molecule has 5 amide bonds. The van der Waals surface area contributed by atoms with E-state index in [-0.39, 0.29) is 35.6 Å². The second kappa shape index (κ2) is 15.9. The van der Waals surface area contributed by atoms with E-state index in [1.165, 1.54) is 12.1 Å². The number of nitrogens with one attached hydrogen (secondary N) is 1. The smallest absolute Gasteiger partial charge is 0.406 e. The third-order valence-corrected chi connectivity index (χ3v) is 11.7. The zero-order chi connectivity index (χ0) is 40.7. The first kappa shape index (κ1) is 39.1. The number of nitrogens with two attached hydrogens (primary N) is 1. The lowest BCUT2D eigenvalue weighted by molar-refractivity contribution is -0.274. The van der Waals surface area contributed by atoms with Crippen molar-refractivity contribution in [2.24, 2.45) is 11.7 Å². The summed E-state index contributed by atoms with van der Waals surface area (Å²) < 4.78 is 44.4. The fourth-order valence-corrected chi connectivity index (χ4v) is 8.65. The average Bonchev–Trinajstić information content (AvgIpc) is 3.69. The average molecular weight is 800 g/mol. The van der Waals surface area contributed by atoms with Crippen LogP contribution in [0.5, 0.6) is 5.75 Å². The Morgan fingerprint density at radius 3 is 2.24 bits per heavy atom. The molecular formula is C42H44F3N7O6. The first-order chi connectivity index (χ1) is 27.9. The van der Waals surface area contributed by atoms with Gasteiger partial charge in [-0.25, -0.2) is 0 Å². The Balaban J connectivity index is 0.862. The highest BCUT2D eigenvalue weighted by atomic mass is 19.4. The molecule has 4 aliphatic rings. The number of amides is 5. The summed E-state index contributed by atoms with van der Waals surface area (Å²) in [5.41, 5.74) is 10.1. The third kappa shape index (κ3) is 7.90. The minimum absolute atomic E-state index is 0.0571. The minimum Gasteiger partial charge on any atom is -0.406 e. The van der Waals surface area contributed by atoms with Gasteiger partial charge in [0.2, 0.25) is 11.8 Å². The van der Waals surface area contributed by atoms with Gasteiger partial charge < -0.3 is 24.8 Å².